The minimum atomic E-state index is 0.591. The molecule has 0 spiro atoms. The van der Waals surface area contributed by atoms with E-state index in [1.807, 2.05) is 18.2 Å². The highest BCUT2D eigenvalue weighted by Gasteiger charge is 2.23. The van der Waals surface area contributed by atoms with E-state index in [4.69, 9.17) is 19.4 Å². The van der Waals surface area contributed by atoms with Crippen LogP contribution in [0.2, 0.25) is 0 Å². The molecule has 0 aliphatic heterocycles. The topological polar surface area (TPSA) is 56.7 Å². The molecule has 5 heteroatoms. The van der Waals surface area contributed by atoms with Gasteiger partial charge >= 0.3 is 0 Å². The maximum atomic E-state index is 6.81. The number of rotatable bonds is 5. The highest BCUT2D eigenvalue weighted by molar-refractivity contribution is 6.20. The smallest absolute Gasteiger partial charge is 0.164 e. The molecule has 0 aliphatic carbocycles. The van der Waals surface area contributed by atoms with Crippen LogP contribution in [0.1, 0.15) is 0 Å². The summed E-state index contributed by atoms with van der Waals surface area (Å²) < 4.78 is 9.25. The molecule has 11 aromatic carbocycles. The Hall–Kier alpha value is -8.93. The Labute approximate surface area is 378 Å². The molecule has 306 valence electrons. The van der Waals surface area contributed by atoms with Crippen LogP contribution in [0.25, 0.3) is 138 Å². The van der Waals surface area contributed by atoms with Gasteiger partial charge in [0.25, 0.3) is 0 Å². The quantitative estimate of drug-likeness (QED) is 0.162. The molecule has 5 nitrogen and oxygen atoms in total. The van der Waals surface area contributed by atoms with Gasteiger partial charge in [-0.2, -0.15) is 0 Å². The monoisotopic (exact) mass is 840 g/mol. The largest absolute Gasteiger partial charge is 0.455 e. The molecule has 0 saturated heterocycles. The molecule has 14 aromatic rings. The fraction of sp³-hybridized carbons (Fsp3) is 0. The van der Waals surface area contributed by atoms with Gasteiger partial charge in [0.1, 0.15) is 11.2 Å². The minimum Gasteiger partial charge on any atom is -0.455 e. The van der Waals surface area contributed by atoms with Crippen molar-refractivity contribution in [1.29, 1.82) is 0 Å². The lowest BCUT2D eigenvalue weighted by atomic mass is 9.95. The van der Waals surface area contributed by atoms with Gasteiger partial charge in [0, 0.05) is 49.2 Å². The third-order valence-corrected chi connectivity index (χ3v) is 13.4. The maximum Gasteiger partial charge on any atom is 0.164 e. The van der Waals surface area contributed by atoms with Crippen LogP contribution in [0.3, 0.4) is 0 Å². The fourth-order valence-corrected chi connectivity index (χ4v) is 10.4. The lowest BCUT2D eigenvalue weighted by Crippen LogP contribution is -2.02. The van der Waals surface area contributed by atoms with Gasteiger partial charge in [0.15, 0.2) is 17.5 Å². The molecular formula is C61H36N4O. The van der Waals surface area contributed by atoms with Gasteiger partial charge in [0.05, 0.1) is 16.7 Å². The van der Waals surface area contributed by atoms with Crippen molar-refractivity contribution in [3.8, 4) is 51.0 Å². The van der Waals surface area contributed by atoms with Crippen molar-refractivity contribution in [2.75, 3.05) is 0 Å². The number of aromatic nitrogens is 4. The van der Waals surface area contributed by atoms with Gasteiger partial charge in [-0.15, -0.1) is 0 Å². The summed E-state index contributed by atoms with van der Waals surface area (Å²) in [7, 11) is 0. The number of hydrogen-bond acceptors (Lipinski definition) is 4. The highest BCUT2D eigenvalue weighted by atomic mass is 16.3. The second kappa shape index (κ2) is 14.3. The third-order valence-electron chi connectivity index (χ3n) is 13.4. The second-order valence-corrected chi connectivity index (χ2v) is 17.1. The predicted octanol–water partition coefficient (Wildman–Crippen LogP) is 16.1. The van der Waals surface area contributed by atoms with E-state index >= 15 is 0 Å². The summed E-state index contributed by atoms with van der Waals surface area (Å²) in [6, 6.07) is 77.5. The zero-order valence-corrected chi connectivity index (χ0v) is 35.5. The predicted molar refractivity (Wildman–Crippen MR) is 273 cm³/mol. The molecule has 0 unspecified atom stereocenters. The summed E-state index contributed by atoms with van der Waals surface area (Å²) in [6.45, 7) is 0. The number of hydrogen-bond donors (Lipinski definition) is 0. The molecule has 0 bridgehead atoms. The molecule has 3 aromatic heterocycles. The Morgan fingerprint density at radius 1 is 0.318 bits per heavy atom. The van der Waals surface area contributed by atoms with Crippen molar-refractivity contribution in [1.82, 2.24) is 19.5 Å². The summed E-state index contributed by atoms with van der Waals surface area (Å²) in [6.07, 6.45) is 0. The van der Waals surface area contributed by atoms with E-state index in [1.165, 1.54) is 32.3 Å². The van der Waals surface area contributed by atoms with Gasteiger partial charge < -0.3 is 8.98 Å². The van der Waals surface area contributed by atoms with Crippen molar-refractivity contribution in [2.45, 2.75) is 0 Å². The first kappa shape index (κ1) is 36.5. The van der Waals surface area contributed by atoms with Gasteiger partial charge in [-0.05, 0) is 91.8 Å². The van der Waals surface area contributed by atoms with Gasteiger partial charge in [-0.25, -0.2) is 15.0 Å². The summed E-state index contributed by atoms with van der Waals surface area (Å²) in [5.74, 6) is 1.82. The Morgan fingerprint density at radius 2 is 0.939 bits per heavy atom. The lowest BCUT2D eigenvalue weighted by molar-refractivity contribution is 0.673. The highest BCUT2D eigenvalue weighted by Crippen LogP contribution is 2.45. The molecule has 0 atom stereocenters. The van der Waals surface area contributed by atoms with Crippen LogP contribution in [-0.4, -0.2) is 19.5 Å². The van der Waals surface area contributed by atoms with E-state index in [9.17, 15) is 0 Å². The molecule has 3 heterocycles. The van der Waals surface area contributed by atoms with Crippen LogP contribution < -0.4 is 0 Å². The Morgan fingerprint density at radius 3 is 1.77 bits per heavy atom. The molecule has 0 saturated carbocycles. The van der Waals surface area contributed by atoms with E-state index in [2.05, 4.69) is 205 Å². The van der Waals surface area contributed by atoms with Crippen molar-refractivity contribution < 1.29 is 4.42 Å². The zero-order chi connectivity index (χ0) is 43.3. The van der Waals surface area contributed by atoms with Crippen LogP contribution >= 0.6 is 0 Å². The zero-order valence-electron chi connectivity index (χ0n) is 35.5. The lowest BCUT2D eigenvalue weighted by Gasteiger charge is -2.17. The van der Waals surface area contributed by atoms with Crippen molar-refractivity contribution in [2.24, 2.45) is 0 Å². The van der Waals surface area contributed by atoms with E-state index < -0.39 is 0 Å². The summed E-state index contributed by atoms with van der Waals surface area (Å²) in [5.41, 5.74) is 9.87. The fourth-order valence-electron chi connectivity index (χ4n) is 10.4. The molecule has 14 rings (SSSR count). The van der Waals surface area contributed by atoms with Crippen molar-refractivity contribution in [3.05, 3.63) is 218 Å². The summed E-state index contributed by atoms with van der Waals surface area (Å²) >= 11 is 0. The molecule has 0 amide bonds. The Balaban J connectivity index is 1.07. The third kappa shape index (κ3) is 5.57. The molecule has 0 radical (unpaired) electrons. The van der Waals surface area contributed by atoms with Crippen molar-refractivity contribution >= 4 is 86.8 Å². The number of nitrogens with zero attached hydrogens (tertiary/aromatic N) is 4. The van der Waals surface area contributed by atoms with Crippen LogP contribution in [0, 0.1) is 0 Å². The SMILES string of the molecule is c1ccc(-c2nc(-c3ccc(-n4c5ccccc5c5cc6ccccc6cc54)c(-c4cccc5oc6c7ccccc7ccc6c45)c3)nc(-c3cccc4c3ccc3ccccc34)n2)cc1. The average Bonchev–Trinajstić information content (AvgIpc) is 3.93. The first-order valence-corrected chi connectivity index (χ1v) is 22.3. The summed E-state index contributed by atoms with van der Waals surface area (Å²) in [4.78, 5) is 15.9. The van der Waals surface area contributed by atoms with Crippen LogP contribution in [-0.2, 0) is 0 Å². The number of para-hydroxylation sites is 1. The van der Waals surface area contributed by atoms with E-state index in [1.54, 1.807) is 0 Å². The van der Waals surface area contributed by atoms with Gasteiger partial charge in [-0.1, -0.05) is 170 Å². The van der Waals surface area contributed by atoms with E-state index in [0.29, 0.717) is 17.5 Å². The van der Waals surface area contributed by atoms with Gasteiger partial charge in [-0.3, -0.25) is 0 Å². The first-order valence-electron chi connectivity index (χ1n) is 22.3. The minimum absolute atomic E-state index is 0.591. The van der Waals surface area contributed by atoms with E-state index in [-0.39, 0.29) is 0 Å². The normalized spacial score (nSPS) is 11.9. The molecule has 0 fully saturated rings. The molecule has 0 N–H and O–H groups in total. The Kier molecular flexibility index (Phi) is 7.91. The molecule has 0 aliphatic rings. The van der Waals surface area contributed by atoms with Crippen LogP contribution in [0.15, 0.2) is 223 Å². The van der Waals surface area contributed by atoms with Gasteiger partial charge in [0.2, 0.25) is 0 Å². The average molecular weight is 841 g/mol. The number of furan rings is 1. The van der Waals surface area contributed by atoms with E-state index in [0.717, 1.165) is 88.0 Å². The van der Waals surface area contributed by atoms with Crippen molar-refractivity contribution in [3.63, 3.8) is 0 Å². The molecule has 66 heavy (non-hydrogen) atoms. The van der Waals surface area contributed by atoms with Crippen LogP contribution in [0.5, 0.6) is 0 Å². The molecular weight excluding hydrogens is 805 g/mol. The second-order valence-electron chi connectivity index (χ2n) is 17.1. The Bertz CT molecular complexity index is 4300. The summed E-state index contributed by atoms with van der Waals surface area (Å²) in [5, 5.41) is 13.8. The number of fused-ring (bicyclic) bond motifs is 12. The maximum absolute atomic E-state index is 6.81. The standard InChI is InChI=1S/C61H36N4O/c1-2-16-39(17-3-1)59-62-60(64-61(63-59)49-25-12-23-45-43-20-8-6-14-37(43)28-31-46(45)49)42-30-33-54(65-53-26-11-10-22-47(53)51-34-40-18-4-5-19-41(40)36-55(51)65)52(35-42)48-24-13-27-56-57(48)50-32-29-38-15-7-9-21-44(38)58(50)66-56/h1-36H. The van der Waals surface area contributed by atoms with Crippen LogP contribution in [0.4, 0.5) is 0 Å². The first-order chi connectivity index (χ1) is 32.7. The number of benzene rings is 11.